The summed E-state index contributed by atoms with van der Waals surface area (Å²) in [5.74, 6) is 0.678. The van der Waals surface area contributed by atoms with E-state index in [0.717, 1.165) is 12.1 Å². The molecule has 1 aliphatic carbocycles. The quantitative estimate of drug-likeness (QED) is 0.678. The van der Waals surface area contributed by atoms with Crippen LogP contribution in [0.25, 0.3) is 0 Å². The van der Waals surface area contributed by atoms with E-state index in [0.29, 0.717) is 5.82 Å². The summed E-state index contributed by atoms with van der Waals surface area (Å²) in [5.41, 5.74) is 2.32. The molecule has 0 aliphatic heterocycles. The lowest BCUT2D eigenvalue weighted by Crippen LogP contribution is -2.03. The van der Waals surface area contributed by atoms with Crippen LogP contribution in [0.3, 0.4) is 0 Å². The van der Waals surface area contributed by atoms with E-state index in [4.69, 9.17) is 0 Å². The summed E-state index contributed by atoms with van der Waals surface area (Å²) < 4.78 is 0. The fraction of sp³-hybridized carbons (Fsp3) is 0.273. The fourth-order valence-corrected chi connectivity index (χ4v) is 1.05. The maximum atomic E-state index is 4.29. The van der Waals surface area contributed by atoms with E-state index in [-0.39, 0.29) is 0 Å². The topological polar surface area (TPSA) is 36.8 Å². The lowest BCUT2D eigenvalue weighted by atomic mass is 10.1. The van der Waals surface area contributed by atoms with Gasteiger partial charge in [-0.15, -0.1) is 0 Å². The second kappa shape index (κ2) is 5.17. The smallest absolute Gasteiger partial charge is 0.143 e. The predicted octanol–water partition coefficient (Wildman–Crippen LogP) is 2.05. The molecule has 3 nitrogen and oxygen atoms in total. The Labute approximate surface area is 84.7 Å². The molecule has 0 saturated heterocycles. The molecule has 0 aromatic rings. The second-order valence-corrected chi connectivity index (χ2v) is 3.03. The van der Waals surface area contributed by atoms with Crippen LogP contribution >= 0.6 is 0 Å². The van der Waals surface area contributed by atoms with Gasteiger partial charge in [0.05, 0.1) is 6.20 Å². The van der Waals surface area contributed by atoms with Gasteiger partial charge in [-0.3, -0.25) is 4.99 Å². The van der Waals surface area contributed by atoms with Gasteiger partial charge in [0.15, 0.2) is 0 Å². The van der Waals surface area contributed by atoms with Crippen molar-refractivity contribution < 1.29 is 0 Å². The Morgan fingerprint density at radius 3 is 2.86 bits per heavy atom. The Hall–Kier alpha value is -1.64. The third-order valence-electron chi connectivity index (χ3n) is 1.95. The molecular formula is C11H15N3. The number of allylic oxidation sites excluding steroid dienone is 4. The normalized spacial score (nSPS) is 19.4. The van der Waals surface area contributed by atoms with Gasteiger partial charge in [-0.05, 0) is 19.7 Å². The monoisotopic (exact) mass is 189 g/mol. The van der Waals surface area contributed by atoms with Crippen LogP contribution in [0.2, 0.25) is 0 Å². The lowest BCUT2D eigenvalue weighted by Gasteiger charge is -2.03. The van der Waals surface area contributed by atoms with Crippen molar-refractivity contribution >= 4 is 12.4 Å². The molecule has 0 aromatic carbocycles. The van der Waals surface area contributed by atoms with Crippen molar-refractivity contribution in [2.24, 2.45) is 9.98 Å². The van der Waals surface area contributed by atoms with Crippen molar-refractivity contribution in [2.75, 3.05) is 7.05 Å². The number of nitrogens with one attached hydrogen (secondary N) is 1. The van der Waals surface area contributed by atoms with E-state index < -0.39 is 0 Å². The van der Waals surface area contributed by atoms with Crippen LogP contribution in [-0.4, -0.2) is 19.5 Å². The molecule has 14 heavy (non-hydrogen) atoms. The number of hydrogen-bond acceptors (Lipinski definition) is 3. The molecule has 0 unspecified atom stereocenters. The average Bonchev–Trinajstić information content (AvgIpc) is 2.22. The first-order valence-electron chi connectivity index (χ1n) is 4.52. The molecule has 0 bridgehead atoms. The molecule has 1 N–H and O–H groups in total. The van der Waals surface area contributed by atoms with E-state index in [2.05, 4.69) is 41.1 Å². The molecule has 0 fully saturated rings. The molecule has 3 heteroatoms. The Bertz CT molecular complexity index is 332. The van der Waals surface area contributed by atoms with Crippen LogP contribution in [-0.2, 0) is 0 Å². The Balaban J connectivity index is 2.68. The molecule has 0 amide bonds. The third kappa shape index (κ3) is 3.01. The molecule has 0 atom stereocenters. The highest BCUT2D eigenvalue weighted by atomic mass is 15.0. The molecule has 0 saturated carbocycles. The first-order valence-corrected chi connectivity index (χ1v) is 4.52. The zero-order valence-electron chi connectivity index (χ0n) is 8.62. The van der Waals surface area contributed by atoms with Crippen molar-refractivity contribution in [3.8, 4) is 0 Å². The second-order valence-electron chi connectivity index (χ2n) is 3.03. The number of rotatable bonds is 3. The highest BCUT2D eigenvalue weighted by molar-refractivity contribution is 5.97. The van der Waals surface area contributed by atoms with Crippen molar-refractivity contribution in [3.63, 3.8) is 0 Å². The summed E-state index contributed by atoms with van der Waals surface area (Å²) in [5, 5.41) is 2.89. The summed E-state index contributed by atoms with van der Waals surface area (Å²) in [4.78, 5) is 8.05. The highest BCUT2D eigenvalue weighted by Gasteiger charge is 1.97. The van der Waals surface area contributed by atoms with Gasteiger partial charge >= 0.3 is 0 Å². The molecule has 0 radical (unpaired) electrons. The minimum absolute atomic E-state index is 0.678. The largest absolute Gasteiger partial charge is 0.372 e. The Kier molecular flexibility index (Phi) is 3.85. The van der Waals surface area contributed by atoms with Crippen molar-refractivity contribution in [1.82, 2.24) is 5.32 Å². The molecule has 1 rings (SSSR count). The summed E-state index contributed by atoms with van der Waals surface area (Å²) in [7, 11) is 1.79. The highest BCUT2D eigenvalue weighted by Crippen LogP contribution is 2.07. The van der Waals surface area contributed by atoms with Gasteiger partial charge in [0.25, 0.3) is 0 Å². The molecule has 0 heterocycles. The number of aliphatic imine (C=N–C) groups is 2. The first-order chi connectivity index (χ1) is 6.76. The van der Waals surface area contributed by atoms with Gasteiger partial charge in [0.1, 0.15) is 5.82 Å². The van der Waals surface area contributed by atoms with Crippen LogP contribution in [0, 0.1) is 0 Å². The first kappa shape index (κ1) is 10.4. The predicted molar refractivity (Wildman–Crippen MR) is 61.6 cm³/mol. The van der Waals surface area contributed by atoms with E-state index in [1.54, 1.807) is 13.2 Å². The van der Waals surface area contributed by atoms with Gasteiger partial charge in [-0.1, -0.05) is 17.7 Å². The van der Waals surface area contributed by atoms with Gasteiger partial charge in [-0.2, -0.15) is 0 Å². The van der Waals surface area contributed by atoms with Gasteiger partial charge in [0.2, 0.25) is 0 Å². The summed E-state index contributed by atoms with van der Waals surface area (Å²) in [6, 6.07) is 0. The van der Waals surface area contributed by atoms with Crippen LogP contribution < -0.4 is 5.32 Å². The van der Waals surface area contributed by atoms with Gasteiger partial charge < -0.3 is 5.32 Å². The molecular weight excluding hydrogens is 174 g/mol. The van der Waals surface area contributed by atoms with E-state index >= 15 is 0 Å². The summed E-state index contributed by atoms with van der Waals surface area (Å²) >= 11 is 0. The minimum Gasteiger partial charge on any atom is -0.372 e. The molecule has 0 spiro atoms. The van der Waals surface area contributed by atoms with Crippen molar-refractivity contribution in [3.05, 3.63) is 35.8 Å². The maximum Gasteiger partial charge on any atom is 0.143 e. The summed E-state index contributed by atoms with van der Waals surface area (Å²) in [6.45, 7) is 5.50. The zero-order chi connectivity index (χ0) is 10.4. The minimum atomic E-state index is 0.678. The standard InChI is InChI=1S/C11H15N3/c1-9-4-6-10(7-5-9)14-8-11(12-2)13-3/h4-6,8,13H,2,7H2,1,3H3/b11-8+,14-10-. The third-order valence-corrected chi connectivity index (χ3v) is 1.95. The van der Waals surface area contributed by atoms with Crippen LogP contribution in [0.1, 0.15) is 13.3 Å². The molecule has 74 valence electrons. The summed E-state index contributed by atoms with van der Waals surface area (Å²) in [6.07, 6.45) is 8.78. The lowest BCUT2D eigenvalue weighted by molar-refractivity contribution is 0.961. The Morgan fingerprint density at radius 2 is 2.36 bits per heavy atom. The average molecular weight is 189 g/mol. The van der Waals surface area contributed by atoms with E-state index in [1.807, 2.05) is 6.08 Å². The maximum absolute atomic E-state index is 4.29. The fourth-order valence-electron chi connectivity index (χ4n) is 1.05. The van der Waals surface area contributed by atoms with E-state index in [9.17, 15) is 0 Å². The van der Waals surface area contributed by atoms with Crippen LogP contribution in [0.5, 0.6) is 0 Å². The molecule has 0 aromatic heterocycles. The number of hydrogen-bond donors (Lipinski definition) is 1. The van der Waals surface area contributed by atoms with Gasteiger partial charge in [-0.25, -0.2) is 4.99 Å². The van der Waals surface area contributed by atoms with Crippen LogP contribution in [0.15, 0.2) is 45.8 Å². The van der Waals surface area contributed by atoms with Crippen molar-refractivity contribution in [2.45, 2.75) is 13.3 Å². The molecule has 1 aliphatic rings. The Morgan fingerprint density at radius 1 is 1.57 bits per heavy atom. The van der Waals surface area contributed by atoms with Crippen LogP contribution in [0.4, 0.5) is 0 Å². The van der Waals surface area contributed by atoms with Gasteiger partial charge in [0, 0.05) is 19.2 Å². The SMILES string of the molecule is C=N/C(=C\N=C1\C=CC(C)=CC1)NC. The van der Waals surface area contributed by atoms with Crippen molar-refractivity contribution in [1.29, 1.82) is 0 Å². The zero-order valence-corrected chi connectivity index (χ0v) is 8.62. The number of nitrogens with zero attached hydrogens (tertiary/aromatic N) is 2. The van der Waals surface area contributed by atoms with E-state index in [1.165, 1.54) is 5.57 Å².